The second-order valence-electron chi connectivity index (χ2n) is 6.65. The lowest BCUT2D eigenvalue weighted by Crippen LogP contribution is -2.38. The largest absolute Gasteiger partial charge is 0.348 e. The van der Waals surface area contributed by atoms with Gasteiger partial charge in [-0.05, 0) is 48.0 Å². The third-order valence-corrected chi connectivity index (χ3v) is 6.03. The van der Waals surface area contributed by atoms with Crippen molar-refractivity contribution in [3.63, 3.8) is 0 Å². The third-order valence-electron chi connectivity index (χ3n) is 4.56. The molecule has 0 bridgehead atoms. The van der Waals surface area contributed by atoms with Crippen LogP contribution >= 0.6 is 27.7 Å². The minimum absolute atomic E-state index is 0.199. The van der Waals surface area contributed by atoms with Crippen LogP contribution in [0.25, 0.3) is 0 Å². The number of urea groups is 1. The Kier molecular flexibility index (Phi) is 6.35. The van der Waals surface area contributed by atoms with Crippen LogP contribution in [0.3, 0.4) is 0 Å². The van der Waals surface area contributed by atoms with E-state index in [4.69, 9.17) is 0 Å². The van der Waals surface area contributed by atoms with E-state index in [1.807, 2.05) is 36.4 Å². The highest BCUT2D eigenvalue weighted by atomic mass is 79.9. The van der Waals surface area contributed by atoms with Gasteiger partial charge in [-0.3, -0.25) is 9.69 Å². The molecule has 8 heteroatoms. The van der Waals surface area contributed by atoms with Crippen LogP contribution in [0.5, 0.6) is 0 Å². The summed E-state index contributed by atoms with van der Waals surface area (Å²) in [5.41, 5.74) is 2.85. The van der Waals surface area contributed by atoms with E-state index in [9.17, 15) is 9.59 Å². The van der Waals surface area contributed by atoms with Crippen molar-refractivity contribution in [3.05, 3.63) is 82.5 Å². The molecule has 0 aliphatic carbocycles. The van der Waals surface area contributed by atoms with E-state index in [2.05, 4.69) is 31.5 Å². The summed E-state index contributed by atoms with van der Waals surface area (Å²) in [4.78, 5) is 31.4. The highest BCUT2D eigenvalue weighted by Crippen LogP contribution is 2.32. The molecule has 3 aromatic rings. The SMILES string of the molecule is O=C(NCc1cccc(Br)c1)c1cccc(NC(=O)N2CCSc3ncccc32)c1. The molecule has 1 aromatic heterocycles. The molecule has 0 atom stereocenters. The van der Waals surface area contributed by atoms with Crippen molar-refractivity contribution in [2.24, 2.45) is 0 Å². The van der Waals surface area contributed by atoms with Gasteiger partial charge in [0.25, 0.3) is 5.91 Å². The molecule has 0 spiro atoms. The van der Waals surface area contributed by atoms with Gasteiger partial charge >= 0.3 is 6.03 Å². The van der Waals surface area contributed by atoms with E-state index in [0.717, 1.165) is 26.5 Å². The van der Waals surface area contributed by atoms with Gasteiger partial charge in [-0.1, -0.05) is 34.1 Å². The van der Waals surface area contributed by atoms with Gasteiger partial charge in [0, 0.05) is 40.8 Å². The number of benzene rings is 2. The molecule has 30 heavy (non-hydrogen) atoms. The maximum Gasteiger partial charge on any atom is 0.326 e. The first kappa shape index (κ1) is 20.4. The molecule has 0 radical (unpaired) electrons. The van der Waals surface area contributed by atoms with Crippen LogP contribution in [0.2, 0.25) is 0 Å². The molecule has 152 valence electrons. The Morgan fingerprint density at radius 3 is 2.83 bits per heavy atom. The van der Waals surface area contributed by atoms with Gasteiger partial charge in [-0.15, -0.1) is 11.8 Å². The number of carbonyl (C=O) groups excluding carboxylic acids is 2. The molecule has 0 unspecified atom stereocenters. The van der Waals surface area contributed by atoms with Gasteiger partial charge in [-0.2, -0.15) is 0 Å². The van der Waals surface area contributed by atoms with Crippen molar-refractivity contribution in [3.8, 4) is 0 Å². The first-order chi connectivity index (χ1) is 14.6. The zero-order chi connectivity index (χ0) is 20.9. The second-order valence-corrected chi connectivity index (χ2v) is 8.65. The Hall–Kier alpha value is -2.84. The van der Waals surface area contributed by atoms with Crippen molar-refractivity contribution < 1.29 is 9.59 Å². The van der Waals surface area contributed by atoms with E-state index in [1.54, 1.807) is 47.1 Å². The molecular formula is C22H19BrN4O2S. The van der Waals surface area contributed by atoms with Gasteiger partial charge in [0.2, 0.25) is 0 Å². The average Bonchev–Trinajstić information content (AvgIpc) is 2.77. The number of pyridine rings is 1. The standard InChI is InChI=1S/C22H19BrN4O2S/c23-17-6-1-4-15(12-17)14-25-20(28)16-5-2-7-18(13-16)26-22(29)27-10-11-30-21-19(27)8-3-9-24-21/h1-9,12-13H,10-11,14H2,(H,25,28)(H,26,29). The number of thioether (sulfide) groups is 1. The van der Waals surface area contributed by atoms with Crippen LogP contribution in [-0.4, -0.2) is 29.2 Å². The highest BCUT2D eigenvalue weighted by Gasteiger charge is 2.23. The Morgan fingerprint density at radius 1 is 1.10 bits per heavy atom. The molecule has 6 nitrogen and oxygen atoms in total. The Balaban J connectivity index is 1.42. The van der Waals surface area contributed by atoms with Crippen LogP contribution < -0.4 is 15.5 Å². The molecule has 0 saturated heterocycles. The molecular weight excluding hydrogens is 464 g/mol. The molecule has 0 saturated carbocycles. The maximum atomic E-state index is 12.8. The summed E-state index contributed by atoms with van der Waals surface area (Å²) in [5.74, 6) is 0.588. The summed E-state index contributed by atoms with van der Waals surface area (Å²) in [6, 6.07) is 18.2. The molecule has 3 amide bonds. The van der Waals surface area contributed by atoms with E-state index in [1.165, 1.54) is 0 Å². The monoisotopic (exact) mass is 482 g/mol. The fourth-order valence-electron chi connectivity index (χ4n) is 3.12. The topological polar surface area (TPSA) is 74.3 Å². The Morgan fingerprint density at radius 2 is 1.97 bits per heavy atom. The average molecular weight is 483 g/mol. The van der Waals surface area contributed by atoms with Crippen LogP contribution in [0.4, 0.5) is 16.2 Å². The molecule has 4 rings (SSSR count). The quantitative estimate of drug-likeness (QED) is 0.553. The summed E-state index contributed by atoms with van der Waals surface area (Å²) < 4.78 is 0.965. The molecule has 2 N–H and O–H groups in total. The van der Waals surface area contributed by atoms with Gasteiger partial charge in [-0.25, -0.2) is 9.78 Å². The van der Waals surface area contributed by atoms with Gasteiger partial charge < -0.3 is 10.6 Å². The predicted octanol–water partition coefficient (Wildman–Crippen LogP) is 4.92. The Labute approximate surface area is 187 Å². The number of anilines is 2. The van der Waals surface area contributed by atoms with Crippen molar-refractivity contribution in [1.29, 1.82) is 0 Å². The first-order valence-electron chi connectivity index (χ1n) is 9.39. The smallest absolute Gasteiger partial charge is 0.326 e. The van der Waals surface area contributed by atoms with Crippen LogP contribution in [-0.2, 0) is 6.54 Å². The third kappa shape index (κ3) is 4.83. The van der Waals surface area contributed by atoms with Gasteiger partial charge in [0.05, 0.1) is 5.69 Å². The number of hydrogen-bond donors (Lipinski definition) is 2. The molecule has 1 aliphatic heterocycles. The summed E-state index contributed by atoms with van der Waals surface area (Å²) in [6.45, 7) is 1.02. The number of halogens is 1. The minimum Gasteiger partial charge on any atom is -0.348 e. The molecule has 2 aromatic carbocycles. The molecule has 1 aliphatic rings. The van der Waals surface area contributed by atoms with E-state index in [0.29, 0.717) is 24.3 Å². The second kappa shape index (κ2) is 9.32. The number of amides is 3. The number of carbonyl (C=O) groups is 2. The van der Waals surface area contributed by atoms with Crippen LogP contribution in [0.1, 0.15) is 15.9 Å². The van der Waals surface area contributed by atoms with Crippen molar-refractivity contribution in [1.82, 2.24) is 10.3 Å². The summed E-state index contributed by atoms with van der Waals surface area (Å²) in [6.07, 6.45) is 1.73. The Bertz CT molecular complexity index is 1090. The highest BCUT2D eigenvalue weighted by molar-refractivity contribution is 9.10. The lowest BCUT2D eigenvalue weighted by Gasteiger charge is -2.28. The summed E-state index contributed by atoms with van der Waals surface area (Å²) in [5, 5.41) is 6.65. The zero-order valence-electron chi connectivity index (χ0n) is 16.0. The van der Waals surface area contributed by atoms with Crippen molar-refractivity contribution in [2.75, 3.05) is 22.5 Å². The predicted molar refractivity (Wildman–Crippen MR) is 123 cm³/mol. The van der Waals surface area contributed by atoms with Gasteiger partial charge in [0.1, 0.15) is 5.03 Å². The van der Waals surface area contributed by atoms with Crippen LogP contribution in [0.15, 0.2) is 76.4 Å². The van der Waals surface area contributed by atoms with E-state index < -0.39 is 0 Å². The lowest BCUT2D eigenvalue weighted by molar-refractivity contribution is 0.0951. The number of fused-ring (bicyclic) bond motifs is 1. The number of hydrogen-bond acceptors (Lipinski definition) is 4. The normalized spacial score (nSPS) is 12.8. The number of nitrogens with one attached hydrogen (secondary N) is 2. The number of rotatable bonds is 4. The summed E-state index contributed by atoms with van der Waals surface area (Å²) in [7, 11) is 0. The fourth-order valence-corrected chi connectivity index (χ4v) is 4.50. The van der Waals surface area contributed by atoms with E-state index >= 15 is 0 Å². The zero-order valence-corrected chi connectivity index (χ0v) is 18.4. The number of aromatic nitrogens is 1. The van der Waals surface area contributed by atoms with Crippen LogP contribution in [0, 0.1) is 0 Å². The molecule has 0 fully saturated rings. The fraction of sp³-hybridized carbons (Fsp3) is 0.136. The lowest BCUT2D eigenvalue weighted by atomic mass is 10.1. The van der Waals surface area contributed by atoms with E-state index in [-0.39, 0.29) is 11.9 Å². The number of nitrogens with zero attached hydrogens (tertiary/aromatic N) is 2. The van der Waals surface area contributed by atoms with Crippen molar-refractivity contribution in [2.45, 2.75) is 11.6 Å². The van der Waals surface area contributed by atoms with Crippen molar-refractivity contribution >= 4 is 51.0 Å². The first-order valence-corrected chi connectivity index (χ1v) is 11.2. The minimum atomic E-state index is -0.240. The molecule has 2 heterocycles. The van der Waals surface area contributed by atoms with Gasteiger partial charge in [0.15, 0.2) is 0 Å². The maximum absolute atomic E-state index is 12.8. The summed E-state index contributed by atoms with van der Waals surface area (Å²) >= 11 is 5.07.